The third kappa shape index (κ3) is 6.68. The van der Waals surface area contributed by atoms with Crippen molar-refractivity contribution in [3.63, 3.8) is 0 Å². The fraction of sp³-hybridized carbons (Fsp3) is 0.312. The van der Waals surface area contributed by atoms with Crippen LogP contribution < -0.4 is 10.6 Å². The maximum absolute atomic E-state index is 13.5. The van der Waals surface area contributed by atoms with Crippen LogP contribution in [0.2, 0.25) is 0 Å². The van der Waals surface area contributed by atoms with Crippen molar-refractivity contribution in [2.45, 2.75) is 17.9 Å². The van der Waals surface area contributed by atoms with E-state index in [0.717, 1.165) is 18.3 Å². The molecule has 2 aromatic rings. The lowest BCUT2D eigenvalue weighted by molar-refractivity contribution is 0.602. The maximum Gasteiger partial charge on any atom is 0.191 e. The van der Waals surface area contributed by atoms with E-state index in [1.54, 1.807) is 30.5 Å². The molecule has 0 radical (unpaired) electrons. The molecule has 0 saturated carbocycles. The zero-order valence-electron chi connectivity index (χ0n) is 13.1. The molecule has 7 heteroatoms. The standard InChI is InChI=1S/C16H20FN3S2.HI/c1-12(14-8-5-10-21-14)20-16(18-2)19-9-11-22-15-7-4-3-6-13(15)17;/h3-8,10,12H,9,11H2,1-2H3,(H2,18,19,20);1H. The van der Waals surface area contributed by atoms with Gasteiger partial charge in [-0.25, -0.2) is 4.39 Å². The molecule has 0 amide bonds. The first-order valence-electron chi connectivity index (χ1n) is 7.08. The smallest absolute Gasteiger partial charge is 0.191 e. The summed E-state index contributed by atoms with van der Waals surface area (Å²) < 4.78 is 13.5. The number of thiophene rings is 1. The van der Waals surface area contributed by atoms with Gasteiger partial charge in [-0.3, -0.25) is 4.99 Å². The van der Waals surface area contributed by atoms with Crippen LogP contribution in [-0.2, 0) is 0 Å². The Bertz CT molecular complexity index is 605. The zero-order chi connectivity index (χ0) is 15.8. The van der Waals surface area contributed by atoms with Crippen molar-refractivity contribution >= 4 is 53.0 Å². The molecular formula is C16H21FIN3S2. The Morgan fingerprint density at radius 2 is 2.09 bits per heavy atom. The molecular weight excluding hydrogens is 444 g/mol. The minimum absolute atomic E-state index is 0. The molecule has 1 aromatic carbocycles. The molecule has 0 aliphatic rings. The van der Waals surface area contributed by atoms with E-state index >= 15 is 0 Å². The molecule has 0 fully saturated rings. The van der Waals surface area contributed by atoms with Gasteiger partial charge in [0.05, 0.1) is 6.04 Å². The number of halogens is 2. The fourth-order valence-corrected chi connectivity index (χ4v) is 3.44. The highest BCUT2D eigenvalue weighted by molar-refractivity contribution is 14.0. The summed E-state index contributed by atoms with van der Waals surface area (Å²) in [7, 11) is 1.75. The van der Waals surface area contributed by atoms with E-state index < -0.39 is 0 Å². The Labute approximate surface area is 162 Å². The molecule has 3 nitrogen and oxygen atoms in total. The first-order valence-corrected chi connectivity index (χ1v) is 8.95. The van der Waals surface area contributed by atoms with Crippen molar-refractivity contribution in [2.24, 2.45) is 4.99 Å². The van der Waals surface area contributed by atoms with Gasteiger partial charge in [0.1, 0.15) is 5.82 Å². The minimum atomic E-state index is -0.165. The van der Waals surface area contributed by atoms with Crippen molar-refractivity contribution in [2.75, 3.05) is 19.3 Å². The predicted octanol–water partition coefficient (Wildman–Crippen LogP) is 4.52. The van der Waals surface area contributed by atoms with Crippen LogP contribution in [0.4, 0.5) is 4.39 Å². The average molecular weight is 465 g/mol. The number of benzene rings is 1. The lowest BCUT2D eigenvalue weighted by atomic mass is 10.3. The van der Waals surface area contributed by atoms with Gasteiger partial charge in [-0.05, 0) is 30.5 Å². The SMILES string of the molecule is CN=C(NCCSc1ccccc1F)NC(C)c1cccs1.I. The zero-order valence-corrected chi connectivity index (χ0v) is 17.0. The van der Waals surface area contributed by atoms with Crippen LogP contribution in [0, 0.1) is 5.82 Å². The number of rotatable bonds is 6. The monoisotopic (exact) mass is 465 g/mol. The summed E-state index contributed by atoms with van der Waals surface area (Å²) >= 11 is 3.22. The second-order valence-electron chi connectivity index (χ2n) is 4.66. The molecule has 1 aromatic heterocycles. The Hall–Kier alpha value is -0.800. The summed E-state index contributed by atoms with van der Waals surface area (Å²) in [6, 6.07) is 11.2. The summed E-state index contributed by atoms with van der Waals surface area (Å²) in [6.07, 6.45) is 0. The normalized spacial score (nSPS) is 12.4. The van der Waals surface area contributed by atoms with Crippen LogP contribution in [0.5, 0.6) is 0 Å². The number of thioether (sulfide) groups is 1. The molecule has 23 heavy (non-hydrogen) atoms. The van der Waals surface area contributed by atoms with Crippen LogP contribution in [0.25, 0.3) is 0 Å². The highest BCUT2D eigenvalue weighted by Gasteiger charge is 2.08. The third-order valence-corrected chi connectivity index (χ3v) is 5.14. The molecule has 2 rings (SSSR count). The summed E-state index contributed by atoms with van der Waals surface area (Å²) in [5, 5.41) is 8.66. The number of nitrogens with zero attached hydrogens (tertiary/aromatic N) is 1. The van der Waals surface area contributed by atoms with Gasteiger partial charge in [-0.15, -0.1) is 47.1 Å². The second-order valence-corrected chi connectivity index (χ2v) is 6.78. The molecule has 2 N–H and O–H groups in total. The summed E-state index contributed by atoms with van der Waals surface area (Å²) in [6.45, 7) is 2.82. The Morgan fingerprint density at radius 3 is 2.74 bits per heavy atom. The Kier molecular flexibility index (Phi) is 9.57. The van der Waals surface area contributed by atoms with Gasteiger partial charge in [0.2, 0.25) is 0 Å². The van der Waals surface area contributed by atoms with Gasteiger partial charge in [-0.2, -0.15) is 0 Å². The summed E-state index contributed by atoms with van der Waals surface area (Å²) in [5.74, 6) is 1.37. The van der Waals surface area contributed by atoms with E-state index in [2.05, 4.69) is 34.0 Å². The number of nitrogens with one attached hydrogen (secondary N) is 2. The van der Waals surface area contributed by atoms with Crippen LogP contribution in [0.1, 0.15) is 17.8 Å². The van der Waals surface area contributed by atoms with E-state index in [0.29, 0.717) is 4.90 Å². The van der Waals surface area contributed by atoms with Crippen molar-refractivity contribution in [3.8, 4) is 0 Å². The van der Waals surface area contributed by atoms with Gasteiger partial charge in [0, 0.05) is 29.1 Å². The number of guanidine groups is 1. The number of hydrogen-bond acceptors (Lipinski definition) is 3. The van der Waals surface area contributed by atoms with Crippen LogP contribution in [0.15, 0.2) is 51.7 Å². The largest absolute Gasteiger partial charge is 0.356 e. The third-order valence-electron chi connectivity index (χ3n) is 3.04. The number of aliphatic imine (C=N–C) groups is 1. The van der Waals surface area contributed by atoms with Gasteiger partial charge in [0.25, 0.3) is 0 Å². The molecule has 0 saturated heterocycles. The predicted molar refractivity (Wildman–Crippen MR) is 110 cm³/mol. The van der Waals surface area contributed by atoms with E-state index in [1.807, 2.05) is 12.1 Å². The van der Waals surface area contributed by atoms with Crippen molar-refractivity contribution in [1.82, 2.24) is 10.6 Å². The average Bonchev–Trinajstić information content (AvgIpc) is 3.06. The summed E-state index contributed by atoms with van der Waals surface area (Å²) in [5.41, 5.74) is 0. The summed E-state index contributed by atoms with van der Waals surface area (Å²) in [4.78, 5) is 6.16. The molecule has 0 aliphatic carbocycles. The Balaban J connectivity index is 0.00000264. The molecule has 0 spiro atoms. The van der Waals surface area contributed by atoms with Crippen molar-refractivity contribution in [3.05, 3.63) is 52.5 Å². The van der Waals surface area contributed by atoms with Gasteiger partial charge < -0.3 is 10.6 Å². The lowest BCUT2D eigenvalue weighted by Gasteiger charge is -2.16. The Morgan fingerprint density at radius 1 is 1.30 bits per heavy atom. The molecule has 0 aliphatic heterocycles. The van der Waals surface area contributed by atoms with Gasteiger partial charge >= 0.3 is 0 Å². The molecule has 1 heterocycles. The highest BCUT2D eigenvalue weighted by atomic mass is 127. The van der Waals surface area contributed by atoms with Crippen molar-refractivity contribution < 1.29 is 4.39 Å². The number of hydrogen-bond donors (Lipinski definition) is 2. The van der Waals surface area contributed by atoms with Crippen LogP contribution >= 0.6 is 47.1 Å². The highest BCUT2D eigenvalue weighted by Crippen LogP contribution is 2.20. The fourth-order valence-electron chi connectivity index (χ4n) is 1.90. The topological polar surface area (TPSA) is 36.4 Å². The maximum atomic E-state index is 13.5. The lowest BCUT2D eigenvalue weighted by Crippen LogP contribution is -2.39. The van der Waals surface area contributed by atoms with Gasteiger partial charge in [-0.1, -0.05) is 18.2 Å². The van der Waals surface area contributed by atoms with Crippen molar-refractivity contribution in [1.29, 1.82) is 0 Å². The van der Waals surface area contributed by atoms with Crippen LogP contribution in [0.3, 0.4) is 0 Å². The molecule has 1 atom stereocenters. The minimum Gasteiger partial charge on any atom is -0.356 e. The van der Waals surface area contributed by atoms with E-state index in [4.69, 9.17) is 0 Å². The molecule has 0 bridgehead atoms. The molecule has 1 unspecified atom stereocenters. The van der Waals surface area contributed by atoms with E-state index in [9.17, 15) is 4.39 Å². The first-order chi connectivity index (χ1) is 10.7. The van der Waals surface area contributed by atoms with E-state index in [1.165, 1.54) is 22.7 Å². The van der Waals surface area contributed by atoms with Gasteiger partial charge in [0.15, 0.2) is 5.96 Å². The molecule has 126 valence electrons. The first kappa shape index (κ1) is 20.2. The van der Waals surface area contributed by atoms with Crippen LogP contribution in [-0.4, -0.2) is 25.3 Å². The second kappa shape index (κ2) is 10.9. The quantitative estimate of drug-likeness (QED) is 0.217. The van der Waals surface area contributed by atoms with E-state index in [-0.39, 0.29) is 35.8 Å².